The summed E-state index contributed by atoms with van der Waals surface area (Å²) in [5.74, 6) is 1.68. The van der Waals surface area contributed by atoms with Crippen molar-refractivity contribution >= 4 is 29.0 Å². The van der Waals surface area contributed by atoms with E-state index in [9.17, 15) is 14.0 Å². The molecule has 2 aromatic rings. The quantitative estimate of drug-likeness (QED) is 0.787. The van der Waals surface area contributed by atoms with Crippen LogP contribution in [0.3, 0.4) is 0 Å². The monoisotopic (exact) mass is 415 g/mol. The van der Waals surface area contributed by atoms with Gasteiger partial charge in [0, 0.05) is 37.4 Å². The molecule has 1 N–H and O–H groups in total. The number of Topliss-reactive ketones (excluding diaryl/α,β-unsaturated/α-hetero) is 1. The summed E-state index contributed by atoms with van der Waals surface area (Å²) in [6.45, 7) is 0.785. The molecule has 2 fully saturated rings. The molecule has 0 bridgehead atoms. The van der Waals surface area contributed by atoms with E-state index < -0.39 is 5.82 Å². The van der Waals surface area contributed by atoms with Gasteiger partial charge in [-0.2, -0.15) is 0 Å². The van der Waals surface area contributed by atoms with Crippen LogP contribution in [-0.4, -0.2) is 21.2 Å². The second kappa shape index (κ2) is 7.24. The predicted molar refractivity (Wildman–Crippen MR) is 108 cm³/mol. The molecule has 2 heterocycles. The molecule has 0 radical (unpaired) electrons. The highest BCUT2D eigenvalue weighted by Crippen LogP contribution is 2.50. The van der Waals surface area contributed by atoms with E-state index in [0.29, 0.717) is 41.8 Å². The molecule has 0 saturated heterocycles. The lowest BCUT2D eigenvalue weighted by Gasteiger charge is -2.17. The Labute approximate surface area is 173 Å². The maximum atomic E-state index is 13.5. The van der Waals surface area contributed by atoms with E-state index in [1.165, 1.54) is 18.2 Å². The Balaban J connectivity index is 1.46. The van der Waals surface area contributed by atoms with Crippen LogP contribution in [0.1, 0.15) is 66.4 Å². The first-order chi connectivity index (χ1) is 14.0. The summed E-state index contributed by atoms with van der Waals surface area (Å²) in [6, 6.07) is 4.19. The molecule has 29 heavy (non-hydrogen) atoms. The van der Waals surface area contributed by atoms with Crippen molar-refractivity contribution < 1.29 is 14.0 Å². The average molecular weight is 416 g/mol. The number of hydrogen-bond donors (Lipinski definition) is 1. The molecule has 152 valence electrons. The molecule has 3 aliphatic rings. The highest BCUT2D eigenvalue weighted by Gasteiger charge is 2.44. The number of aromatic nitrogens is 2. The van der Waals surface area contributed by atoms with E-state index in [-0.39, 0.29) is 16.8 Å². The van der Waals surface area contributed by atoms with E-state index in [2.05, 4.69) is 9.88 Å². The van der Waals surface area contributed by atoms with Crippen molar-refractivity contribution in [1.29, 1.82) is 0 Å². The van der Waals surface area contributed by atoms with Crippen molar-refractivity contribution in [3.05, 3.63) is 46.3 Å². The van der Waals surface area contributed by atoms with Crippen LogP contribution < -0.4 is 5.32 Å². The first kappa shape index (κ1) is 18.8. The van der Waals surface area contributed by atoms with Crippen molar-refractivity contribution in [2.75, 3.05) is 5.32 Å². The van der Waals surface area contributed by atoms with E-state index in [4.69, 9.17) is 16.6 Å². The minimum atomic E-state index is -0.515. The minimum Gasteiger partial charge on any atom is -0.324 e. The molecule has 1 aliphatic heterocycles. The molecular formula is C22H23ClFN3O2. The van der Waals surface area contributed by atoms with Gasteiger partial charge in [0.2, 0.25) is 0 Å². The second-order valence-electron chi connectivity index (χ2n) is 8.59. The van der Waals surface area contributed by atoms with Gasteiger partial charge in [-0.25, -0.2) is 9.37 Å². The van der Waals surface area contributed by atoms with Crippen LogP contribution in [0.2, 0.25) is 5.02 Å². The van der Waals surface area contributed by atoms with Gasteiger partial charge in [0.25, 0.3) is 5.91 Å². The Kier molecular flexibility index (Phi) is 4.69. The summed E-state index contributed by atoms with van der Waals surface area (Å²) in [6.07, 6.45) is 6.17. The molecular weight excluding hydrogens is 393 g/mol. The van der Waals surface area contributed by atoms with Gasteiger partial charge in [-0.1, -0.05) is 11.6 Å². The number of nitrogens with one attached hydrogen (secondary N) is 1. The topological polar surface area (TPSA) is 64.0 Å². The molecule has 5 nitrogen and oxygen atoms in total. The Morgan fingerprint density at radius 1 is 1.21 bits per heavy atom. The van der Waals surface area contributed by atoms with E-state index in [1.54, 1.807) is 0 Å². The molecule has 1 aromatic carbocycles. The number of nitrogens with zero attached hydrogens (tertiary/aromatic N) is 2. The summed E-state index contributed by atoms with van der Waals surface area (Å²) >= 11 is 5.87. The molecule has 2 aliphatic carbocycles. The fraction of sp³-hybridized carbons (Fsp3) is 0.500. The zero-order valence-electron chi connectivity index (χ0n) is 16.1. The Morgan fingerprint density at radius 3 is 2.69 bits per heavy atom. The number of hydrogen-bond acceptors (Lipinski definition) is 3. The van der Waals surface area contributed by atoms with Crippen molar-refractivity contribution in [2.24, 2.45) is 11.8 Å². The molecule has 2 unspecified atom stereocenters. The predicted octanol–water partition coefficient (Wildman–Crippen LogP) is 4.74. The summed E-state index contributed by atoms with van der Waals surface area (Å²) in [7, 11) is 0. The number of anilines is 1. The third kappa shape index (κ3) is 3.37. The number of carbonyl (C=O) groups excluding carboxylic acids is 2. The van der Waals surface area contributed by atoms with Crippen LogP contribution in [0.15, 0.2) is 18.2 Å². The third-order valence-electron chi connectivity index (χ3n) is 6.71. The summed E-state index contributed by atoms with van der Waals surface area (Å²) in [5.41, 5.74) is 1.96. The largest absolute Gasteiger partial charge is 0.324 e. The van der Waals surface area contributed by atoms with Gasteiger partial charge in [0.1, 0.15) is 23.1 Å². The van der Waals surface area contributed by atoms with E-state index >= 15 is 0 Å². The van der Waals surface area contributed by atoms with Gasteiger partial charge in [0.15, 0.2) is 0 Å². The van der Waals surface area contributed by atoms with E-state index in [0.717, 1.165) is 50.2 Å². The molecule has 2 atom stereocenters. The number of ketones is 1. The number of imidazole rings is 1. The molecule has 1 aromatic heterocycles. The lowest BCUT2D eigenvalue weighted by molar-refractivity contribution is -0.117. The number of aryl methyl sites for hydroxylation is 1. The third-order valence-corrected chi connectivity index (χ3v) is 7.00. The minimum absolute atomic E-state index is 0.0216. The van der Waals surface area contributed by atoms with Crippen LogP contribution >= 0.6 is 11.6 Å². The van der Waals surface area contributed by atoms with Crippen LogP contribution in [0, 0.1) is 17.7 Å². The number of fused-ring (bicyclic) bond motifs is 2. The number of amides is 1. The standard InChI is InChI=1S/C22H23ClFN3O2/c23-17-11-15(4-5-18(17)24)25-22(29)21-20(26-19-3-1-2-6-27(19)21)14-7-12-9-16(28)10-13(12)8-14/h4-5,11-14H,1-3,6-10H2,(H,25,29). The van der Waals surface area contributed by atoms with Gasteiger partial charge in [-0.05, 0) is 55.7 Å². The Hall–Kier alpha value is -2.21. The van der Waals surface area contributed by atoms with Crippen LogP contribution in [0.5, 0.6) is 0 Å². The second-order valence-corrected chi connectivity index (χ2v) is 9.00. The summed E-state index contributed by atoms with van der Waals surface area (Å²) in [5, 5.41) is 2.86. The van der Waals surface area contributed by atoms with E-state index in [1.807, 2.05) is 0 Å². The SMILES string of the molecule is O=C1CC2CC(c3nc4n(c3C(=O)Nc3ccc(F)c(Cl)c3)CCCC4)CC2C1. The molecule has 1 amide bonds. The maximum Gasteiger partial charge on any atom is 0.274 e. The van der Waals surface area contributed by atoms with Crippen LogP contribution in [0.4, 0.5) is 10.1 Å². The van der Waals surface area contributed by atoms with Crippen LogP contribution in [-0.2, 0) is 17.8 Å². The van der Waals surface area contributed by atoms with Crippen molar-refractivity contribution in [1.82, 2.24) is 9.55 Å². The molecule has 5 rings (SSSR count). The zero-order valence-corrected chi connectivity index (χ0v) is 16.8. The fourth-order valence-electron chi connectivity index (χ4n) is 5.40. The van der Waals surface area contributed by atoms with Gasteiger partial charge in [-0.3, -0.25) is 9.59 Å². The van der Waals surface area contributed by atoms with Gasteiger partial charge in [-0.15, -0.1) is 0 Å². The fourth-order valence-corrected chi connectivity index (χ4v) is 5.58. The molecule has 0 spiro atoms. The Bertz CT molecular complexity index is 986. The normalized spacial score (nSPS) is 25.7. The zero-order chi connectivity index (χ0) is 20.1. The van der Waals surface area contributed by atoms with Gasteiger partial charge in [0.05, 0.1) is 10.7 Å². The Morgan fingerprint density at radius 2 is 1.97 bits per heavy atom. The smallest absolute Gasteiger partial charge is 0.274 e. The number of halogens is 2. The summed E-state index contributed by atoms with van der Waals surface area (Å²) in [4.78, 5) is 29.9. The first-order valence-corrected chi connectivity index (χ1v) is 10.7. The molecule has 7 heteroatoms. The first-order valence-electron chi connectivity index (χ1n) is 10.4. The van der Waals surface area contributed by atoms with Crippen molar-refractivity contribution in [3.63, 3.8) is 0 Å². The maximum absolute atomic E-state index is 13.5. The lowest BCUT2D eigenvalue weighted by atomic mass is 9.97. The van der Waals surface area contributed by atoms with Gasteiger partial charge < -0.3 is 9.88 Å². The highest BCUT2D eigenvalue weighted by atomic mass is 35.5. The average Bonchev–Trinajstić information content (AvgIpc) is 3.34. The van der Waals surface area contributed by atoms with Crippen molar-refractivity contribution in [2.45, 2.75) is 57.4 Å². The number of rotatable bonds is 3. The van der Waals surface area contributed by atoms with Gasteiger partial charge >= 0.3 is 0 Å². The summed E-state index contributed by atoms with van der Waals surface area (Å²) < 4.78 is 15.5. The number of carbonyl (C=O) groups is 2. The van der Waals surface area contributed by atoms with Crippen molar-refractivity contribution in [3.8, 4) is 0 Å². The lowest BCUT2D eigenvalue weighted by Crippen LogP contribution is -2.22. The molecule has 2 saturated carbocycles. The van der Waals surface area contributed by atoms with Crippen LogP contribution in [0.25, 0.3) is 0 Å². The number of benzene rings is 1. The highest BCUT2D eigenvalue weighted by molar-refractivity contribution is 6.31.